The van der Waals surface area contributed by atoms with Crippen LogP contribution >= 0.6 is 0 Å². The Morgan fingerprint density at radius 2 is 1.89 bits per heavy atom. The van der Waals surface area contributed by atoms with Crippen LogP contribution in [-0.2, 0) is 10.0 Å². The number of hydrogen-bond donors (Lipinski definition) is 2. The molecule has 2 aromatic heterocycles. The molecule has 2 aromatic carbocycles. The number of anilines is 1. The molecule has 0 amide bonds. The van der Waals surface area contributed by atoms with Gasteiger partial charge in [-0.2, -0.15) is 5.10 Å². The first-order valence-corrected chi connectivity index (χ1v) is 9.85. The zero-order valence-corrected chi connectivity index (χ0v) is 15.3. The SMILES string of the molecule is O=S(=O)(Nc1ccc2n[nH]c(C=Cc3ccccn3)c2c1)c1cccc(F)c1. The molecular formula is C20H15FN4O2S. The second-order valence-electron chi connectivity index (χ2n) is 6.02. The Balaban J connectivity index is 1.65. The van der Waals surface area contributed by atoms with Crippen LogP contribution in [0.5, 0.6) is 0 Å². The van der Waals surface area contributed by atoms with Crippen molar-refractivity contribution in [1.29, 1.82) is 0 Å². The number of halogens is 1. The summed E-state index contributed by atoms with van der Waals surface area (Å²) in [7, 11) is -3.90. The highest BCUT2D eigenvalue weighted by Crippen LogP contribution is 2.24. The van der Waals surface area contributed by atoms with Crippen molar-refractivity contribution in [3.8, 4) is 0 Å². The van der Waals surface area contributed by atoms with E-state index in [2.05, 4.69) is 19.9 Å². The third-order valence-corrected chi connectivity index (χ3v) is 5.43. The standard InChI is InChI=1S/C20H15FN4O2S/c21-14-4-3-6-17(12-14)28(26,27)25-16-8-10-20-18(13-16)19(23-24-20)9-7-15-5-1-2-11-22-15/h1-13,25H,(H,23,24). The average molecular weight is 394 g/mol. The fourth-order valence-electron chi connectivity index (χ4n) is 2.71. The van der Waals surface area contributed by atoms with E-state index >= 15 is 0 Å². The topological polar surface area (TPSA) is 87.7 Å². The number of pyridine rings is 1. The first kappa shape index (κ1) is 17.9. The first-order valence-electron chi connectivity index (χ1n) is 8.37. The van der Waals surface area contributed by atoms with Gasteiger partial charge in [0.15, 0.2) is 0 Å². The molecule has 28 heavy (non-hydrogen) atoms. The molecule has 4 rings (SSSR count). The lowest BCUT2D eigenvalue weighted by Crippen LogP contribution is -2.13. The van der Waals surface area contributed by atoms with Gasteiger partial charge in [0.1, 0.15) is 5.82 Å². The van der Waals surface area contributed by atoms with E-state index in [1.165, 1.54) is 18.2 Å². The number of H-pyrrole nitrogens is 1. The predicted octanol–water partition coefficient (Wildman–Crippen LogP) is 4.07. The predicted molar refractivity (Wildman–Crippen MR) is 106 cm³/mol. The van der Waals surface area contributed by atoms with Crippen LogP contribution in [0.3, 0.4) is 0 Å². The highest BCUT2D eigenvalue weighted by Gasteiger charge is 2.15. The molecule has 2 N–H and O–H groups in total. The molecule has 0 fully saturated rings. The monoisotopic (exact) mass is 394 g/mol. The summed E-state index contributed by atoms with van der Waals surface area (Å²) in [6.07, 6.45) is 5.35. The molecule has 0 aliphatic carbocycles. The number of fused-ring (bicyclic) bond motifs is 1. The molecule has 0 radical (unpaired) electrons. The molecule has 0 spiro atoms. The molecule has 0 unspecified atom stereocenters. The highest BCUT2D eigenvalue weighted by atomic mass is 32.2. The van der Waals surface area contributed by atoms with Gasteiger partial charge in [-0.3, -0.25) is 14.8 Å². The summed E-state index contributed by atoms with van der Waals surface area (Å²) in [5.41, 5.74) is 2.54. The molecule has 2 heterocycles. The van der Waals surface area contributed by atoms with E-state index in [1.807, 2.05) is 30.4 Å². The van der Waals surface area contributed by atoms with Crippen molar-refractivity contribution < 1.29 is 12.8 Å². The van der Waals surface area contributed by atoms with Gasteiger partial charge in [0, 0.05) is 17.3 Å². The number of nitrogens with zero attached hydrogens (tertiary/aromatic N) is 2. The molecule has 0 aliphatic rings. The van der Waals surface area contributed by atoms with Gasteiger partial charge in [-0.15, -0.1) is 0 Å². The fourth-order valence-corrected chi connectivity index (χ4v) is 3.79. The fraction of sp³-hybridized carbons (Fsp3) is 0. The van der Waals surface area contributed by atoms with E-state index in [9.17, 15) is 12.8 Å². The van der Waals surface area contributed by atoms with Crippen LogP contribution in [0.1, 0.15) is 11.4 Å². The van der Waals surface area contributed by atoms with Gasteiger partial charge in [-0.1, -0.05) is 12.1 Å². The number of sulfonamides is 1. The molecule has 4 aromatic rings. The molecule has 0 atom stereocenters. The van der Waals surface area contributed by atoms with E-state index in [-0.39, 0.29) is 4.90 Å². The van der Waals surface area contributed by atoms with Crippen LogP contribution in [0.2, 0.25) is 0 Å². The number of aromatic amines is 1. The molecule has 0 saturated heterocycles. The van der Waals surface area contributed by atoms with Crippen molar-refractivity contribution in [2.45, 2.75) is 4.90 Å². The second kappa shape index (κ2) is 7.24. The Kier molecular flexibility index (Phi) is 4.62. The first-order chi connectivity index (χ1) is 13.5. The maximum Gasteiger partial charge on any atom is 0.261 e. The second-order valence-corrected chi connectivity index (χ2v) is 7.70. The summed E-state index contributed by atoms with van der Waals surface area (Å²) in [6.45, 7) is 0. The van der Waals surface area contributed by atoms with Gasteiger partial charge in [0.2, 0.25) is 0 Å². The minimum atomic E-state index is -3.90. The lowest BCUT2D eigenvalue weighted by molar-refractivity contribution is 0.595. The van der Waals surface area contributed by atoms with Crippen LogP contribution in [0.4, 0.5) is 10.1 Å². The van der Waals surface area contributed by atoms with Crippen LogP contribution in [-0.4, -0.2) is 23.6 Å². The zero-order valence-electron chi connectivity index (χ0n) is 14.5. The van der Waals surface area contributed by atoms with Crippen LogP contribution in [0, 0.1) is 5.82 Å². The van der Waals surface area contributed by atoms with E-state index in [0.717, 1.165) is 17.1 Å². The van der Waals surface area contributed by atoms with Gasteiger partial charge in [-0.05, 0) is 60.7 Å². The van der Waals surface area contributed by atoms with E-state index < -0.39 is 15.8 Å². The molecule has 140 valence electrons. The van der Waals surface area contributed by atoms with Crippen molar-refractivity contribution in [2.75, 3.05) is 4.72 Å². The molecule has 6 nitrogen and oxygen atoms in total. The summed E-state index contributed by atoms with van der Waals surface area (Å²) < 4.78 is 40.8. The molecule has 0 bridgehead atoms. The number of aromatic nitrogens is 3. The van der Waals surface area contributed by atoms with Crippen LogP contribution < -0.4 is 4.72 Å². The summed E-state index contributed by atoms with van der Waals surface area (Å²) >= 11 is 0. The quantitative estimate of drug-likeness (QED) is 0.534. The van der Waals surface area contributed by atoms with Gasteiger partial charge >= 0.3 is 0 Å². The Morgan fingerprint density at radius 1 is 1.00 bits per heavy atom. The zero-order chi connectivity index (χ0) is 19.6. The summed E-state index contributed by atoms with van der Waals surface area (Å²) in [5, 5.41) is 7.88. The Labute approximate surface area is 160 Å². The van der Waals surface area contributed by atoms with Gasteiger partial charge in [-0.25, -0.2) is 12.8 Å². The van der Waals surface area contributed by atoms with Crippen molar-refractivity contribution in [1.82, 2.24) is 15.2 Å². The Morgan fingerprint density at radius 3 is 2.68 bits per heavy atom. The lowest BCUT2D eigenvalue weighted by atomic mass is 10.2. The van der Waals surface area contributed by atoms with Gasteiger partial charge in [0.25, 0.3) is 10.0 Å². The van der Waals surface area contributed by atoms with Gasteiger partial charge in [0.05, 0.1) is 21.8 Å². The minimum Gasteiger partial charge on any atom is -0.280 e. The summed E-state index contributed by atoms with van der Waals surface area (Å²) in [5.74, 6) is -0.616. The molecule has 0 saturated carbocycles. The van der Waals surface area contributed by atoms with E-state index in [0.29, 0.717) is 16.9 Å². The Bertz CT molecular complexity index is 1270. The molecule has 0 aliphatic heterocycles. The number of rotatable bonds is 5. The van der Waals surface area contributed by atoms with E-state index in [1.54, 1.807) is 24.4 Å². The normalized spacial score (nSPS) is 11.9. The maximum atomic E-state index is 13.4. The minimum absolute atomic E-state index is 0.143. The van der Waals surface area contributed by atoms with E-state index in [4.69, 9.17) is 0 Å². The molecule has 8 heteroatoms. The summed E-state index contributed by atoms with van der Waals surface area (Å²) in [4.78, 5) is 4.08. The van der Waals surface area contributed by atoms with Crippen molar-refractivity contribution in [3.63, 3.8) is 0 Å². The van der Waals surface area contributed by atoms with Crippen molar-refractivity contribution in [3.05, 3.63) is 84.1 Å². The number of benzene rings is 2. The van der Waals surface area contributed by atoms with Crippen LogP contribution in [0.15, 0.2) is 71.8 Å². The number of hydrogen-bond acceptors (Lipinski definition) is 4. The lowest BCUT2D eigenvalue weighted by Gasteiger charge is -2.08. The third kappa shape index (κ3) is 3.77. The van der Waals surface area contributed by atoms with Gasteiger partial charge < -0.3 is 0 Å². The maximum absolute atomic E-state index is 13.4. The highest BCUT2D eigenvalue weighted by molar-refractivity contribution is 7.92. The summed E-state index contributed by atoms with van der Waals surface area (Å²) in [6, 6.07) is 15.4. The third-order valence-electron chi connectivity index (χ3n) is 4.05. The largest absolute Gasteiger partial charge is 0.280 e. The smallest absolute Gasteiger partial charge is 0.261 e. The van der Waals surface area contributed by atoms with Crippen molar-refractivity contribution in [2.24, 2.45) is 0 Å². The average Bonchev–Trinajstić information content (AvgIpc) is 3.09. The number of nitrogens with one attached hydrogen (secondary N) is 2. The van der Waals surface area contributed by atoms with Crippen LogP contribution in [0.25, 0.3) is 23.1 Å². The Hall–Kier alpha value is -3.52. The molecular weight excluding hydrogens is 379 g/mol. The van der Waals surface area contributed by atoms with Crippen molar-refractivity contribution >= 4 is 38.8 Å².